The van der Waals surface area contributed by atoms with Gasteiger partial charge >= 0.3 is 0 Å². The third kappa shape index (κ3) is 4.65. The third-order valence-electron chi connectivity index (χ3n) is 3.55. The summed E-state index contributed by atoms with van der Waals surface area (Å²) in [6, 6.07) is 10.7. The Bertz CT molecular complexity index is 714. The van der Waals surface area contributed by atoms with E-state index in [-0.39, 0.29) is 17.9 Å². The molecule has 122 valence electrons. The highest BCUT2D eigenvalue weighted by Gasteiger charge is 2.20. The number of halogens is 1. The number of rotatable bonds is 5. The lowest BCUT2D eigenvalue weighted by Crippen LogP contribution is -2.45. The van der Waals surface area contributed by atoms with Crippen LogP contribution in [0, 0.1) is 6.92 Å². The number of aryl methyl sites for hydroxylation is 1. The SMILES string of the molecule is Cc1ccccc1[C@H](C)NC(=O)[C@H](C)NC(=O)c1ccc(Br)s1. The number of thiophene rings is 1. The molecule has 6 heteroatoms. The second-order valence-corrected chi connectivity index (χ2v) is 7.85. The van der Waals surface area contributed by atoms with E-state index in [0.717, 1.165) is 14.9 Å². The lowest BCUT2D eigenvalue weighted by molar-refractivity contribution is -0.123. The molecule has 0 aliphatic heterocycles. The zero-order chi connectivity index (χ0) is 17.0. The first-order valence-corrected chi connectivity index (χ1v) is 8.91. The van der Waals surface area contributed by atoms with Gasteiger partial charge in [-0.1, -0.05) is 24.3 Å². The Hall–Kier alpha value is -1.66. The third-order valence-corrected chi connectivity index (χ3v) is 5.17. The van der Waals surface area contributed by atoms with Gasteiger partial charge in [0.2, 0.25) is 5.91 Å². The van der Waals surface area contributed by atoms with Gasteiger partial charge in [0.15, 0.2) is 0 Å². The number of benzene rings is 1. The molecule has 0 bridgehead atoms. The molecule has 0 saturated carbocycles. The normalized spacial score (nSPS) is 13.2. The van der Waals surface area contributed by atoms with Crippen LogP contribution in [0.15, 0.2) is 40.2 Å². The maximum absolute atomic E-state index is 12.3. The minimum absolute atomic E-state index is 0.112. The molecule has 1 heterocycles. The van der Waals surface area contributed by atoms with Crippen LogP contribution >= 0.6 is 27.3 Å². The Kier molecular flexibility index (Phi) is 5.96. The molecule has 0 saturated heterocycles. The lowest BCUT2D eigenvalue weighted by atomic mass is 10.0. The van der Waals surface area contributed by atoms with Crippen LogP contribution in [0.2, 0.25) is 0 Å². The Labute approximate surface area is 148 Å². The highest BCUT2D eigenvalue weighted by atomic mass is 79.9. The Balaban J connectivity index is 1.95. The summed E-state index contributed by atoms with van der Waals surface area (Å²) in [7, 11) is 0. The summed E-state index contributed by atoms with van der Waals surface area (Å²) in [5.41, 5.74) is 2.20. The summed E-state index contributed by atoms with van der Waals surface area (Å²) in [4.78, 5) is 24.9. The minimum atomic E-state index is -0.602. The van der Waals surface area contributed by atoms with Gasteiger partial charge in [-0.15, -0.1) is 11.3 Å². The predicted molar refractivity (Wildman–Crippen MR) is 96.7 cm³/mol. The fraction of sp³-hybridized carbons (Fsp3) is 0.294. The molecular formula is C17H19BrN2O2S. The van der Waals surface area contributed by atoms with Crippen molar-refractivity contribution < 1.29 is 9.59 Å². The molecule has 0 unspecified atom stereocenters. The van der Waals surface area contributed by atoms with E-state index in [1.807, 2.05) is 44.2 Å². The zero-order valence-electron chi connectivity index (χ0n) is 13.2. The van der Waals surface area contributed by atoms with Crippen molar-refractivity contribution in [3.8, 4) is 0 Å². The van der Waals surface area contributed by atoms with E-state index < -0.39 is 6.04 Å². The van der Waals surface area contributed by atoms with Crippen molar-refractivity contribution >= 4 is 39.1 Å². The van der Waals surface area contributed by atoms with Crippen LogP contribution in [-0.2, 0) is 4.79 Å². The quantitative estimate of drug-likeness (QED) is 0.809. The van der Waals surface area contributed by atoms with Crippen molar-refractivity contribution in [2.45, 2.75) is 32.9 Å². The van der Waals surface area contributed by atoms with Crippen LogP contribution in [0.4, 0.5) is 0 Å². The Morgan fingerprint density at radius 3 is 2.39 bits per heavy atom. The molecule has 0 fully saturated rings. The molecule has 0 spiro atoms. The second-order valence-electron chi connectivity index (χ2n) is 5.39. The van der Waals surface area contributed by atoms with E-state index in [0.29, 0.717) is 4.88 Å². The number of carbonyl (C=O) groups is 2. The second kappa shape index (κ2) is 7.75. The van der Waals surface area contributed by atoms with E-state index in [9.17, 15) is 9.59 Å². The molecule has 0 radical (unpaired) electrons. The molecule has 23 heavy (non-hydrogen) atoms. The number of amides is 2. The van der Waals surface area contributed by atoms with Gasteiger partial charge in [0.05, 0.1) is 14.7 Å². The Morgan fingerprint density at radius 2 is 1.78 bits per heavy atom. The maximum Gasteiger partial charge on any atom is 0.262 e. The molecule has 2 amide bonds. The maximum atomic E-state index is 12.3. The van der Waals surface area contributed by atoms with E-state index in [1.165, 1.54) is 11.3 Å². The minimum Gasteiger partial charge on any atom is -0.348 e. The Morgan fingerprint density at radius 1 is 1.09 bits per heavy atom. The van der Waals surface area contributed by atoms with Crippen molar-refractivity contribution in [1.82, 2.24) is 10.6 Å². The summed E-state index contributed by atoms with van der Waals surface area (Å²) in [5, 5.41) is 5.66. The van der Waals surface area contributed by atoms with Crippen LogP contribution in [0.1, 0.15) is 40.7 Å². The van der Waals surface area contributed by atoms with E-state index >= 15 is 0 Å². The van der Waals surface area contributed by atoms with Crippen molar-refractivity contribution in [3.05, 3.63) is 56.2 Å². The van der Waals surface area contributed by atoms with Crippen LogP contribution in [0.3, 0.4) is 0 Å². The molecular weight excluding hydrogens is 376 g/mol. The van der Waals surface area contributed by atoms with Gasteiger partial charge in [0.25, 0.3) is 5.91 Å². The van der Waals surface area contributed by atoms with Gasteiger partial charge in [-0.3, -0.25) is 9.59 Å². The molecule has 4 nitrogen and oxygen atoms in total. The van der Waals surface area contributed by atoms with E-state index in [2.05, 4.69) is 26.6 Å². The first-order valence-electron chi connectivity index (χ1n) is 7.30. The highest BCUT2D eigenvalue weighted by molar-refractivity contribution is 9.11. The van der Waals surface area contributed by atoms with Crippen LogP contribution in [0.5, 0.6) is 0 Å². The van der Waals surface area contributed by atoms with Crippen molar-refractivity contribution in [3.63, 3.8) is 0 Å². The van der Waals surface area contributed by atoms with E-state index in [1.54, 1.807) is 13.0 Å². The standard InChI is InChI=1S/C17H19BrN2O2S/c1-10-6-4-5-7-13(10)11(2)19-16(21)12(3)20-17(22)14-8-9-15(18)23-14/h4-9,11-12H,1-3H3,(H,19,21)(H,20,22)/t11-,12-/m0/s1. The molecule has 2 aromatic rings. The van der Waals surface area contributed by atoms with Gasteiger partial charge in [0.1, 0.15) is 6.04 Å². The van der Waals surface area contributed by atoms with Gasteiger partial charge in [-0.05, 0) is 60.0 Å². The molecule has 1 aromatic heterocycles. The molecule has 0 aliphatic rings. The smallest absolute Gasteiger partial charge is 0.262 e. The molecule has 1 aromatic carbocycles. The first-order chi connectivity index (χ1) is 10.9. The fourth-order valence-electron chi connectivity index (χ4n) is 2.26. The van der Waals surface area contributed by atoms with Gasteiger partial charge in [-0.25, -0.2) is 0 Å². The largest absolute Gasteiger partial charge is 0.348 e. The molecule has 2 rings (SSSR count). The van der Waals surface area contributed by atoms with Gasteiger partial charge in [0, 0.05) is 0 Å². The van der Waals surface area contributed by atoms with Crippen LogP contribution in [-0.4, -0.2) is 17.9 Å². The summed E-state index contributed by atoms with van der Waals surface area (Å²) < 4.78 is 0.882. The molecule has 0 aliphatic carbocycles. The summed E-state index contributed by atoms with van der Waals surface area (Å²) >= 11 is 4.66. The molecule has 2 atom stereocenters. The van der Waals surface area contributed by atoms with Crippen molar-refractivity contribution in [1.29, 1.82) is 0 Å². The van der Waals surface area contributed by atoms with Gasteiger partial charge < -0.3 is 10.6 Å². The first kappa shape index (κ1) is 17.7. The number of hydrogen-bond acceptors (Lipinski definition) is 3. The lowest BCUT2D eigenvalue weighted by Gasteiger charge is -2.20. The van der Waals surface area contributed by atoms with Crippen LogP contribution < -0.4 is 10.6 Å². The van der Waals surface area contributed by atoms with Crippen molar-refractivity contribution in [2.75, 3.05) is 0 Å². The number of carbonyl (C=O) groups excluding carboxylic acids is 2. The predicted octanol–water partition coefficient (Wildman–Crippen LogP) is 3.81. The van der Waals surface area contributed by atoms with E-state index in [4.69, 9.17) is 0 Å². The number of hydrogen-bond donors (Lipinski definition) is 2. The summed E-state index contributed by atoms with van der Waals surface area (Å²) in [6.45, 7) is 5.63. The topological polar surface area (TPSA) is 58.2 Å². The highest BCUT2D eigenvalue weighted by Crippen LogP contribution is 2.22. The zero-order valence-corrected chi connectivity index (χ0v) is 15.6. The summed E-state index contributed by atoms with van der Waals surface area (Å²) in [5.74, 6) is -0.448. The monoisotopic (exact) mass is 394 g/mol. The molecule has 2 N–H and O–H groups in total. The van der Waals surface area contributed by atoms with Crippen molar-refractivity contribution in [2.24, 2.45) is 0 Å². The van der Waals surface area contributed by atoms with Gasteiger partial charge in [-0.2, -0.15) is 0 Å². The fourth-order valence-corrected chi connectivity index (χ4v) is 3.55. The van der Waals surface area contributed by atoms with Crippen LogP contribution in [0.25, 0.3) is 0 Å². The average Bonchev–Trinajstić information content (AvgIpc) is 2.94. The average molecular weight is 395 g/mol. The number of nitrogens with one attached hydrogen (secondary N) is 2. The summed E-state index contributed by atoms with van der Waals surface area (Å²) in [6.07, 6.45) is 0.